The molecule has 0 unspecified atom stereocenters. The molecule has 15 heavy (non-hydrogen) atoms. The first-order valence-corrected chi connectivity index (χ1v) is 5.70. The first-order chi connectivity index (χ1) is 7.16. The highest BCUT2D eigenvalue weighted by molar-refractivity contribution is 5.72. The number of nitrogens with one attached hydrogen (secondary N) is 1. The Bertz CT molecular complexity index is 267. The van der Waals surface area contributed by atoms with Gasteiger partial charge < -0.3 is 11.1 Å². The molecule has 0 amide bonds. The van der Waals surface area contributed by atoms with Gasteiger partial charge in [0.25, 0.3) is 0 Å². The molecule has 0 aliphatic carbocycles. The van der Waals surface area contributed by atoms with Crippen LogP contribution in [0.5, 0.6) is 0 Å². The molecule has 0 heterocycles. The summed E-state index contributed by atoms with van der Waals surface area (Å²) < 4.78 is 0. The second-order valence-corrected chi connectivity index (χ2v) is 2.74. The summed E-state index contributed by atoms with van der Waals surface area (Å²) >= 11 is 0. The van der Waals surface area contributed by atoms with Gasteiger partial charge >= 0.3 is 0 Å². The first-order valence-electron chi connectivity index (χ1n) is 5.70. The van der Waals surface area contributed by atoms with E-state index in [4.69, 9.17) is 5.73 Å². The fourth-order valence-corrected chi connectivity index (χ4v) is 1.16. The van der Waals surface area contributed by atoms with E-state index in [0.29, 0.717) is 0 Å². The normalized spacial score (nSPS) is 7.93. The number of benzene rings is 1. The monoisotopic (exact) mass is 210 g/mol. The Morgan fingerprint density at radius 2 is 1.33 bits per heavy atom. The maximum atomic E-state index is 5.83. The number of hydrogen-bond acceptors (Lipinski definition) is 2. The number of aryl methyl sites for hydroxylation is 2. The molecule has 1 aromatic rings. The molecule has 0 radical (unpaired) electrons. The molecule has 0 aliphatic heterocycles. The average molecular weight is 210 g/mol. The van der Waals surface area contributed by atoms with Gasteiger partial charge in [-0.15, -0.1) is 0 Å². The van der Waals surface area contributed by atoms with E-state index in [-0.39, 0.29) is 0 Å². The summed E-state index contributed by atoms with van der Waals surface area (Å²) in [5.74, 6) is 0. The molecule has 0 saturated carbocycles. The Morgan fingerprint density at radius 1 is 0.933 bits per heavy atom. The number of rotatable bonds is 1. The summed E-state index contributed by atoms with van der Waals surface area (Å²) in [6.07, 6.45) is 0. The lowest BCUT2D eigenvalue weighted by molar-refractivity contribution is 1.36. The molecule has 0 bridgehead atoms. The van der Waals surface area contributed by atoms with E-state index in [1.807, 2.05) is 54.7 Å². The van der Waals surface area contributed by atoms with Gasteiger partial charge in [-0.2, -0.15) is 0 Å². The zero-order chi connectivity index (χ0) is 12.4. The van der Waals surface area contributed by atoms with Crippen molar-refractivity contribution in [3.63, 3.8) is 0 Å². The quantitative estimate of drug-likeness (QED) is 0.688. The van der Waals surface area contributed by atoms with Crippen LogP contribution in [0.2, 0.25) is 0 Å². The van der Waals surface area contributed by atoms with Gasteiger partial charge in [0, 0.05) is 7.05 Å². The second-order valence-electron chi connectivity index (χ2n) is 2.74. The van der Waals surface area contributed by atoms with Crippen LogP contribution in [0.15, 0.2) is 12.1 Å². The summed E-state index contributed by atoms with van der Waals surface area (Å²) in [5, 5.41) is 3.08. The van der Waals surface area contributed by atoms with Crippen molar-refractivity contribution in [1.82, 2.24) is 0 Å². The van der Waals surface area contributed by atoms with E-state index >= 15 is 0 Å². The third-order valence-electron chi connectivity index (χ3n) is 1.92. The zero-order valence-corrected chi connectivity index (χ0v) is 11.2. The Balaban J connectivity index is 0. The predicted octanol–water partition coefficient (Wildman–Crippen LogP) is 3.98. The molecule has 0 fully saturated rings. The van der Waals surface area contributed by atoms with Crippen LogP contribution in [-0.2, 0) is 0 Å². The van der Waals surface area contributed by atoms with E-state index in [1.54, 1.807) is 0 Å². The highest BCUT2D eigenvalue weighted by Gasteiger charge is 2.01. The van der Waals surface area contributed by atoms with Crippen molar-refractivity contribution < 1.29 is 0 Å². The van der Waals surface area contributed by atoms with Crippen molar-refractivity contribution >= 4 is 11.4 Å². The van der Waals surface area contributed by atoms with Crippen LogP contribution in [-0.4, -0.2) is 7.05 Å². The smallest absolute Gasteiger partial charge is 0.0603 e. The topological polar surface area (TPSA) is 38.0 Å². The number of anilines is 2. The molecule has 1 aromatic carbocycles. The minimum atomic E-state index is 0.854. The van der Waals surface area contributed by atoms with E-state index in [0.717, 1.165) is 16.9 Å². The molecule has 0 saturated heterocycles. The van der Waals surface area contributed by atoms with Crippen LogP contribution < -0.4 is 11.1 Å². The van der Waals surface area contributed by atoms with Gasteiger partial charge in [-0.25, -0.2) is 0 Å². The van der Waals surface area contributed by atoms with Crippen molar-refractivity contribution in [1.29, 1.82) is 0 Å². The molecular formula is C13H26N2. The lowest BCUT2D eigenvalue weighted by Gasteiger charge is -2.10. The van der Waals surface area contributed by atoms with Gasteiger partial charge in [0.2, 0.25) is 0 Å². The van der Waals surface area contributed by atoms with Crippen molar-refractivity contribution in [3.05, 3.63) is 23.3 Å². The molecule has 0 atom stereocenters. The molecule has 0 aromatic heterocycles. The van der Waals surface area contributed by atoms with Crippen LogP contribution in [0.25, 0.3) is 0 Å². The molecule has 3 N–H and O–H groups in total. The Hall–Kier alpha value is -1.18. The number of nitrogen functional groups attached to an aromatic ring is 1. The summed E-state index contributed by atoms with van der Waals surface area (Å²) in [5.41, 5.74) is 10.0. The minimum absolute atomic E-state index is 0.854. The van der Waals surface area contributed by atoms with Crippen molar-refractivity contribution in [3.8, 4) is 0 Å². The lowest BCUT2D eigenvalue weighted by Crippen LogP contribution is -1.99. The summed E-state index contributed by atoms with van der Waals surface area (Å²) in [7, 11) is 1.89. The highest BCUT2D eigenvalue weighted by Crippen LogP contribution is 2.25. The van der Waals surface area contributed by atoms with Gasteiger partial charge in [0.1, 0.15) is 0 Å². The summed E-state index contributed by atoms with van der Waals surface area (Å²) in [6, 6.07) is 4.10. The van der Waals surface area contributed by atoms with Crippen LogP contribution in [0.4, 0.5) is 11.4 Å². The van der Waals surface area contributed by atoms with Crippen LogP contribution in [0, 0.1) is 13.8 Å². The zero-order valence-electron chi connectivity index (χ0n) is 11.2. The standard InChI is InChI=1S/C9H14N2.2C2H6/c1-6-4-5-7(2)9(11-3)8(6)10;2*1-2/h4-5,11H,10H2,1-3H3;2*1-2H3. The fraction of sp³-hybridized carbons (Fsp3) is 0.538. The van der Waals surface area contributed by atoms with Crippen molar-refractivity contribution in [2.75, 3.05) is 18.1 Å². The number of nitrogens with two attached hydrogens (primary N) is 1. The van der Waals surface area contributed by atoms with Crippen molar-refractivity contribution in [2.45, 2.75) is 41.5 Å². The van der Waals surface area contributed by atoms with E-state index in [1.165, 1.54) is 5.56 Å². The van der Waals surface area contributed by atoms with Crippen LogP contribution >= 0.6 is 0 Å². The van der Waals surface area contributed by atoms with Gasteiger partial charge in [-0.05, 0) is 25.0 Å². The van der Waals surface area contributed by atoms with Crippen molar-refractivity contribution in [2.24, 2.45) is 0 Å². The number of hydrogen-bond donors (Lipinski definition) is 2. The molecule has 88 valence electrons. The van der Waals surface area contributed by atoms with Crippen LogP contribution in [0.3, 0.4) is 0 Å². The largest absolute Gasteiger partial charge is 0.397 e. The van der Waals surface area contributed by atoms with Gasteiger partial charge in [0.05, 0.1) is 11.4 Å². The first kappa shape index (κ1) is 16.3. The van der Waals surface area contributed by atoms with Crippen LogP contribution in [0.1, 0.15) is 38.8 Å². The Morgan fingerprint density at radius 3 is 1.67 bits per heavy atom. The average Bonchev–Trinajstić information content (AvgIpc) is 2.30. The molecule has 2 nitrogen and oxygen atoms in total. The van der Waals surface area contributed by atoms with E-state index < -0.39 is 0 Å². The molecule has 2 heteroatoms. The highest BCUT2D eigenvalue weighted by atomic mass is 14.9. The molecule has 1 rings (SSSR count). The van der Waals surface area contributed by atoms with E-state index in [2.05, 4.69) is 11.4 Å². The third-order valence-corrected chi connectivity index (χ3v) is 1.92. The SMILES string of the molecule is CC.CC.CNc1c(C)ccc(C)c1N. The van der Waals surface area contributed by atoms with Gasteiger partial charge in [-0.3, -0.25) is 0 Å². The minimum Gasteiger partial charge on any atom is -0.397 e. The predicted molar refractivity (Wildman–Crippen MR) is 72.6 cm³/mol. The summed E-state index contributed by atoms with van der Waals surface area (Å²) in [4.78, 5) is 0. The fourth-order valence-electron chi connectivity index (χ4n) is 1.16. The van der Waals surface area contributed by atoms with Gasteiger partial charge in [0.15, 0.2) is 0 Å². The maximum absolute atomic E-state index is 5.83. The second kappa shape index (κ2) is 9.38. The maximum Gasteiger partial charge on any atom is 0.0603 e. The third kappa shape index (κ3) is 4.73. The summed E-state index contributed by atoms with van der Waals surface area (Å²) in [6.45, 7) is 12.1. The molecule has 0 spiro atoms. The lowest BCUT2D eigenvalue weighted by atomic mass is 10.1. The Kier molecular flexibility index (Phi) is 10.2. The molecule has 0 aliphatic rings. The molecular weight excluding hydrogens is 184 g/mol. The Labute approximate surface area is 94.9 Å². The van der Waals surface area contributed by atoms with Gasteiger partial charge in [-0.1, -0.05) is 39.8 Å². The van der Waals surface area contributed by atoms with E-state index in [9.17, 15) is 0 Å².